The fourth-order valence-corrected chi connectivity index (χ4v) is 4.22. The van der Waals surface area contributed by atoms with Crippen LogP contribution in [0.2, 0.25) is 0 Å². The van der Waals surface area contributed by atoms with Gasteiger partial charge in [0.15, 0.2) is 0 Å². The van der Waals surface area contributed by atoms with Gasteiger partial charge in [-0.1, -0.05) is 18.2 Å². The fourth-order valence-electron chi connectivity index (χ4n) is 3.19. The summed E-state index contributed by atoms with van der Waals surface area (Å²) in [7, 11) is -2.49. The van der Waals surface area contributed by atoms with Crippen LogP contribution >= 0.6 is 0 Å². The Morgan fingerprint density at radius 3 is 2.54 bits per heavy atom. The van der Waals surface area contributed by atoms with Crippen LogP contribution in [-0.2, 0) is 16.6 Å². The first-order chi connectivity index (χ1) is 13.4. The summed E-state index contributed by atoms with van der Waals surface area (Å²) >= 11 is 0. The maximum Gasteiger partial charge on any atom is 0.257 e. The van der Waals surface area contributed by atoms with Crippen molar-refractivity contribution in [3.8, 4) is 5.75 Å². The Bertz CT molecular complexity index is 956. The first kappa shape index (κ1) is 20.3. The molecule has 28 heavy (non-hydrogen) atoms. The number of carbonyl (C=O) groups is 1. The highest BCUT2D eigenvalue weighted by Gasteiger charge is 2.24. The molecule has 1 aliphatic heterocycles. The number of sulfonamides is 1. The van der Waals surface area contributed by atoms with Crippen molar-refractivity contribution in [3.63, 3.8) is 0 Å². The maximum absolute atomic E-state index is 13.7. The summed E-state index contributed by atoms with van der Waals surface area (Å²) in [5.41, 5.74) is 0.447. The van der Waals surface area contributed by atoms with Gasteiger partial charge in [-0.15, -0.1) is 0 Å². The molecule has 0 spiro atoms. The Labute approximate surface area is 164 Å². The average Bonchev–Trinajstić information content (AvgIpc) is 2.72. The summed E-state index contributed by atoms with van der Waals surface area (Å²) < 4.78 is 46.7. The highest BCUT2D eigenvalue weighted by Crippen LogP contribution is 2.25. The van der Waals surface area contributed by atoms with Crippen LogP contribution in [0.15, 0.2) is 47.4 Å². The van der Waals surface area contributed by atoms with Crippen LogP contribution in [0.1, 0.15) is 35.2 Å². The number of rotatable bonds is 6. The van der Waals surface area contributed by atoms with Gasteiger partial charge in [-0.25, -0.2) is 17.5 Å². The minimum absolute atomic E-state index is 0.0648. The van der Waals surface area contributed by atoms with Gasteiger partial charge in [0.1, 0.15) is 11.6 Å². The molecule has 6 nitrogen and oxygen atoms in total. The largest absolute Gasteiger partial charge is 0.496 e. The van der Waals surface area contributed by atoms with Crippen LogP contribution in [0.5, 0.6) is 5.75 Å². The molecule has 0 radical (unpaired) electrons. The zero-order valence-corrected chi connectivity index (χ0v) is 16.5. The lowest BCUT2D eigenvalue weighted by Crippen LogP contribution is -2.36. The number of nitrogens with one attached hydrogen (secondary N) is 1. The lowest BCUT2D eigenvalue weighted by Gasteiger charge is -2.27. The van der Waals surface area contributed by atoms with E-state index >= 15 is 0 Å². The van der Waals surface area contributed by atoms with E-state index in [1.165, 1.54) is 43.5 Å². The third-order valence-corrected chi connectivity index (χ3v) is 6.16. The molecule has 0 saturated carbocycles. The summed E-state index contributed by atoms with van der Waals surface area (Å²) in [6.07, 6.45) is 2.93. The van der Waals surface area contributed by atoms with Crippen LogP contribution in [0.4, 0.5) is 4.39 Å². The lowest BCUT2D eigenvalue weighted by atomic mass is 10.1. The number of ether oxygens (including phenoxy) is 1. The van der Waals surface area contributed by atoms with Gasteiger partial charge in [0, 0.05) is 25.2 Å². The van der Waals surface area contributed by atoms with Gasteiger partial charge < -0.3 is 9.64 Å². The normalized spacial score (nSPS) is 14.7. The van der Waals surface area contributed by atoms with E-state index in [-0.39, 0.29) is 28.5 Å². The topological polar surface area (TPSA) is 75.7 Å². The van der Waals surface area contributed by atoms with Gasteiger partial charge in [-0.2, -0.15) is 0 Å². The Hall–Kier alpha value is -2.45. The van der Waals surface area contributed by atoms with E-state index in [0.29, 0.717) is 18.8 Å². The van der Waals surface area contributed by atoms with E-state index in [1.54, 1.807) is 11.0 Å². The number of amides is 1. The second-order valence-corrected chi connectivity index (χ2v) is 8.40. The van der Waals surface area contributed by atoms with Crippen LogP contribution < -0.4 is 9.46 Å². The van der Waals surface area contributed by atoms with E-state index in [1.807, 2.05) is 0 Å². The third kappa shape index (κ3) is 4.51. The van der Waals surface area contributed by atoms with Crippen molar-refractivity contribution in [1.29, 1.82) is 0 Å². The van der Waals surface area contributed by atoms with E-state index in [2.05, 4.69) is 4.72 Å². The predicted molar refractivity (Wildman–Crippen MR) is 103 cm³/mol. The van der Waals surface area contributed by atoms with Crippen LogP contribution in [0.3, 0.4) is 0 Å². The smallest absolute Gasteiger partial charge is 0.257 e. The number of carbonyl (C=O) groups excluding carboxylic acids is 1. The Balaban J connectivity index is 1.84. The zero-order chi connectivity index (χ0) is 20.1. The predicted octanol–water partition coefficient (Wildman–Crippen LogP) is 2.94. The molecule has 8 heteroatoms. The lowest BCUT2D eigenvalue weighted by molar-refractivity contribution is 0.0720. The van der Waals surface area contributed by atoms with E-state index in [4.69, 9.17) is 4.74 Å². The molecule has 1 fully saturated rings. The molecule has 3 rings (SSSR count). The van der Waals surface area contributed by atoms with E-state index in [9.17, 15) is 17.6 Å². The molecule has 2 aromatic rings. The molecule has 150 valence electrons. The molecule has 0 unspecified atom stereocenters. The van der Waals surface area contributed by atoms with E-state index < -0.39 is 15.8 Å². The highest BCUT2D eigenvalue weighted by atomic mass is 32.2. The molecule has 1 aliphatic rings. The summed E-state index contributed by atoms with van der Waals surface area (Å²) in [6.45, 7) is 1.10. The number of piperidine rings is 1. The third-order valence-electron chi connectivity index (χ3n) is 4.77. The van der Waals surface area contributed by atoms with Gasteiger partial charge in [0.25, 0.3) is 5.91 Å². The van der Waals surface area contributed by atoms with E-state index in [0.717, 1.165) is 19.3 Å². The maximum atomic E-state index is 13.7. The standard InChI is InChI=1S/C20H23FN2O4S/c1-27-19-10-9-16(13-17(19)20(24)23-11-5-2-6-12-23)28(25,26)22-14-15-7-3-4-8-18(15)21/h3-4,7-10,13,22H,2,5-6,11-12,14H2,1H3. The molecule has 1 N–H and O–H groups in total. The van der Waals surface area contributed by atoms with Crippen LogP contribution in [0, 0.1) is 5.82 Å². The minimum Gasteiger partial charge on any atom is -0.496 e. The van der Waals surface area contributed by atoms with Crippen LogP contribution in [-0.4, -0.2) is 39.4 Å². The van der Waals surface area contributed by atoms with Crippen molar-refractivity contribution >= 4 is 15.9 Å². The molecule has 1 amide bonds. The molecule has 0 aromatic heterocycles. The second kappa shape index (κ2) is 8.70. The molecular weight excluding hydrogens is 383 g/mol. The summed E-state index contributed by atoms with van der Waals surface area (Å²) in [5, 5.41) is 0. The SMILES string of the molecule is COc1ccc(S(=O)(=O)NCc2ccccc2F)cc1C(=O)N1CCCCC1. The second-order valence-electron chi connectivity index (χ2n) is 6.63. The van der Waals surface area contributed by atoms with Gasteiger partial charge in [0.05, 0.1) is 17.6 Å². The summed E-state index contributed by atoms with van der Waals surface area (Å²) in [5.74, 6) is -0.410. The number of benzene rings is 2. The molecule has 1 heterocycles. The number of methoxy groups -OCH3 is 1. The van der Waals surface area contributed by atoms with Crippen molar-refractivity contribution in [2.24, 2.45) is 0 Å². The average molecular weight is 406 g/mol. The number of nitrogens with zero attached hydrogens (tertiary/aromatic N) is 1. The summed E-state index contributed by atoms with van der Waals surface area (Å²) in [6, 6.07) is 10.1. The van der Waals surface area contributed by atoms with Crippen LogP contribution in [0.25, 0.3) is 0 Å². The monoisotopic (exact) mass is 406 g/mol. The Morgan fingerprint density at radius 2 is 1.86 bits per heavy atom. The van der Waals surface area contributed by atoms with Gasteiger partial charge in [-0.05, 0) is 43.5 Å². The van der Waals surface area contributed by atoms with Crippen molar-refractivity contribution in [2.75, 3.05) is 20.2 Å². The number of hydrogen-bond acceptors (Lipinski definition) is 4. The number of halogens is 1. The number of hydrogen-bond donors (Lipinski definition) is 1. The zero-order valence-electron chi connectivity index (χ0n) is 15.7. The van der Waals surface area contributed by atoms with Crippen molar-refractivity contribution in [3.05, 3.63) is 59.4 Å². The molecular formula is C20H23FN2O4S. The first-order valence-electron chi connectivity index (χ1n) is 9.13. The molecule has 0 bridgehead atoms. The molecule has 1 saturated heterocycles. The number of likely N-dealkylation sites (tertiary alicyclic amines) is 1. The quantitative estimate of drug-likeness (QED) is 0.800. The summed E-state index contributed by atoms with van der Waals surface area (Å²) in [4.78, 5) is 14.5. The van der Waals surface area contributed by atoms with Crippen molar-refractivity contribution in [2.45, 2.75) is 30.7 Å². The molecule has 0 atom stereocenters. The first-order valence-corrected chi connectivity index (χ1v) is 10.6. The minimum atomic E-state index is -3.93. The molecule has 2 aromatic carbocycles. The van der Waals surface area contributed by atoms with Crippen molar-refractivity contribution in [1.82, 2.24) is 9.62 Å². The van der Waals surface area contributed by atoms with Gasteiger partial charge >= 0.3 is 0 Å². The fraction of sp³-hybridized carbons (Fsp3) is 0.350. The highest BCUT2D eigenvalue weighted by molar-refractivity contribution is 7.89. The van der Waals surface area contributed by atoms with Gasteiger partial charge in [0.2, 0.25) is 10.0 Å². The van der Waals surface area contributed by atoms with Gasteiger partial charge in [-0.3, -0.25) is 4.79 Å². The van der Waals surface area contributed by atoms with Crippen molar-refractivity contribution < 1.29 is 22.3 Å². The molecule has 0 aliphatic carbocycles. The Morgan fingerprint density at radius 1 is 1.14 bits per heavy atom. The Kier molecular flexibility index (Phi) is 6.31.